The Morgan fingerprint density at radius 3 is 2.41 bits per heavy atom. The molecule has 0 bridgehead atoms. The van der Waals surface area contributed by atoms with Crippen molar-refractivity contribution in [1.29, 1.82) is 0 Å². The first kappa shape index (κ1) is 23.4. The summed E-state index contributed by atoms with van der Waals surface area (Å²) in [7, 11) is 0. The number of nitrogens with zero attached hydrogens (tertiary/aromatic N) is 1. The predicted octanol–water partition coefficient (Wildman–Crippen LogP) is -6.49. The monoisotopic (exact) mass is 325 g/mol. The van der Waals surface area contributed by atoms with Crippen molar-refractivity contribution >= 4 is 23.2 Å². The summed E-state index contributed by atoms with van der Waals surface area (Å²) in [5, 5.41) is 33.8. The van der Waals surface area contributed by atoms with Crippen molar-refractivity contribution in [2.45, 2.75) is 6.92 Å². The Bertz CT molecular complexity index is 601. The molecule has 0 aromatic heterocycles. The van der Waals surface area contributed by atoms with E-state index in [-0.39, 0.29) is 65.7 Å². The van der Waals surface area contributed by atoms with Crippen LogP contribution < -0.4 is 69.3 Å². The molecule has 0 radical (unpaired) electrons. The molecule has 0 atom stereocenters. The summed E-state index contributed by atoms with van der Waals surface area (Å²) in [4.78, 5) is 31.9. The second kappa shape index (κ2) is 10.8. The molecule has 0 heterocycles. The van der Waals surface area contributed by atoms with Crippen molar-refractivity contribution in [3.63, 3.8) is 0 Å². The minimum Gasteiger partial charge on any atom is -0.872 e. The van der Waals surface area contributed by atoms with Crippen LogP contribution in [0, 0.1) is 10.1 Å². The number of benzene rings is 1. The average Bonchev–Trinajstić information content (AvgIpc) is 2.38. The predicted molar refractivity (Wildman–Crippen MR) is 62.2 cm³/mol. The Morgan fingerprint density at radius 1 is 1.32 bits per heavy atom. The van der Waals surface area contributed by atoms with E-state index in [0.717, 1.165) is 18.2 Å². The molecule has 1 aromatic rings. The first-order valence-electron chi connectivity index (χ1n) is 5.43. The number of hydrogen-bond acceptors (Lipinski definition) is 7. The van der Waals surface area contributed by atoms with Gasteiger partial charge < -0.3 is 14.9 Å². The van der Waals surface area contributed by atoms with Gasteiger partial charge in [0, 0.05) is 6.07 Å². The standard InChI is InChI=1S/C12H11NO7.2Na/c1-2-20-12(17)10(15)6-9(14)7-4-3-5-8(11(7)16)13(18)19;;/h3-6,14,16H,2H2,1H3;;/q;2*+1/p-2/b9-6+;;. The summed E-state index contributed by atoms with van der Waals surface area (Å²) in [6, 6.07) is 3.11. The smallest absolute Gasteiger partial charge is 0.872 e. The Morgan fingerprint density at radius 2 is 1.91 bits per heavy atom. The van der Waals surface area contributed by atoms with Crippen LogP contribution in [0.25, 0.3) is 5.76 Å². The van der Waals surface area contributed by atoms with Gasteiger partial charge in [-0.1, -0.05) is 17.9 Å². The molecule has 0 spiro atoms. The van der Waals surface area contributed by atoms with Crippen molar-refractivity contribution in [2.24, 2.45) is 0 Å². The molecule has 1 rings (SSSR count). The van der Waals surface area contributed by atoms with E-state index in [2.05, 4.69) is 4.74 Å². The van der Waals surface area contributed by atoms with Crippen LogP contribution in [0.2, 0.25) is 0 Å². The van der Waals surface area contributed by atoms with E-state index in [4.69, 9.17) is 0 Å². The maximum atomic E-state index is 11.7. The molecule has 0 amide bonds. The van der Waals surface area contributed by atoms with Crippen molar-refractivity contribution < 1.29 is 88.6 Å². The number of hydrogen-bond donors (Lipinski definition) is 0. The van der Waals surface area contributed by atoms with Crippen LogP contribution in [0.3, 0.4) is 0 Å². The van der Waals surface area contributed by atoms with Crippen LogP contribution >= 0.6 is 0 Å². The molecule has 106 valence electrons. The third kappa shape index (κ3) is 6.07. The van der Waals surface area contributed by atoms with Crippen molar-refractivity contribution in [1.82, 2.24) is 0 Å². The van der Waals surface area contributed by atoms with Gasteiger partial charge in [-0.15, -0.1) is 0 Å². The van der Waals surface area contributed by atoms with Crippen molar-refractivity contribution in [2.75, 3.05) is 6.61 Å². The SMILES string of the molecule is CCOC(=O)C(=O)/C=C(/[O-])c1cccc([N+](=O)[O-])c1[O-].[Na+].[Na+]. The molecule has 0 aliphatic rings. The molecule has 0 aliphatic carbocycles. The second-order valence-electron chi connectivity index (χ2n) is 3.50. The second-order valence-corrected chi connectivity index (χ2v) is 3.50. The molecule has 0 fully saturated rings. The molecule has 0 aliphatic heterocycles. The Hall–Kier alpha value is -0.900. The van der Waals surface area contributed by atoms with Gasteiger partial charge in [0.25, 0.3) is 11.5 Å². The number of nitro benzene ring substituents is 1. The quantitative estimate of drug-likeness (QED) is 0.0999. The number of esters is 1. The largest absolute Gasteiger partial charge is 1.00 e. The molecule has 0 unspecified atom stereocenters. The van der Waals surface area contributed by atoms with Crippen LogP contribution in [0.15, 0.2) is 24.3 Å². The fourth-order valence-electron chi connectivity index (χ4n) is 1.32. The average molecular weight is 325 g/mol. The first-order chi connectivity index (χ1) is 9.38. The fourth-order valence-corrected chi connectivity index (χ4v) is 1.32. The summed E-state index contributed by atoms with van der Waals surface area (Å²) in [5.74, 6) is -4.67. The molecule has 8 nitrogen and oxygen atoms in total. The number of carbonyl (C=O) groups excluding carboxylic acids is 2. The Kier molecular flexibility index (Phi) is 11.4. The zero-order chi connectivity index (χ0) is 15.3. The molecule has 0 saturated carbocycles. The van der Waals surface area contributed by atoms with Crippen LogP contribution in [-0.4, -0.2) is 23.3 Å². The zero-order valence-corrected chi connectivity index (χ0v) is 16.3. The van der Waals surface area contributed by atoms with Gasteiger partial charge in [0.1, 0.15) is 0 Å². The number of ketones is 1. The van der Waals surface area contributed by atoms with Gasteiger partial charge in [-0.05, 0) is 24.3 Å². The van der Waals surface area contributed by atoms with Gasteiger partial charge in [0.05, 0.1) is 11.5 Å². The number of ether oxygens (including phenoxy) is 1. The van der Waals surface area contributed by atoms with E-state index in [0.29, 0.717) is 6.08 Å². The zero-order valence-electron chi connectivity index (χ0n) is 12.3. The van der Waals surface area contributed by atoms with Crippen molar-refractivity contribution in [3.05, 3.63) is 40.0 Å². The van der Waals surface area contributed by atoms with E-state index in [1.54, 1.807) is 0 Å². The van der Waals surface area contributed by atoms with Crippen molar-refractivity contribution in [3.8, 4) is 5.75 Å². The van der Waals surface area contributed by atoms with Crippen LogP contribution in [0.5, 0.6) is 5.75 Å². The minimum absolute atomic E-state index is 0. The van der Waals surface area contributed by atoms with Crippen LogP contribution in [-0.2, 0) is 14.3 Å². The molecule has 0 saturated heterocycles. The van der Waals surface area contributed by atoms with Gasteiger partial charge >= 0.3 is 65.1 Å². The van der Waals surface area contributed by atoms with E-state index in [1.165, 1.54) is 6.92 Å². The summed E-state index contributed by atoms with van der Waals surface area (Å²) in [6.07, 6.45) is 0.373. The summed E-state index contributed by atoms with van der Waals surface area (Å²) < 4.78 is 4.37. The summed E-state index contributed by atoms with van der Waals surface area (Å²) in [5.41, 5.74) is -1.34. The third-order valence-corrected chi connectivity index (χ3v) is 2.20. The van der Waals surface area contributed by atoms with Gasteiger partial charge in [0.15, 0.2) is 0 Å². The van der Waals surface area contributed by atoms with Gasteiger partial charge in [0.2, 0.25) is 0 Å². The number of nitro groups is 1. The van der Waals surface area contributed by atoms with Crippen LogP contribution in [0.4, 0.5) is 5.69 Å². The molecular weight excluding hydrogens is 316 g/mol. The van der Waals surface area contributed by atoms with E-state index >= 15 is 0 Å². The van der Waals surface area contributed by atoms with E-state index in [1.807, 2.05) is 0 Å². The molecular formula is C12H9NNa2O7. The topological polar surface area (TPSA) is 133 Å². The first-order valence-corrected chi connectivity index (χ1v) is 5.43. The molecule has 22 heavy (non-hydrogen) atoms. The minimum atomic E-state index is -1.24. The summed E-state index contributed by atoms with van der Waals surface area (Å²) >= 11 is 0. The van der Waals surface area contributed by atoms with Gasteiger partial charge in [-0.3, -0.25) is 14.9 Å². The molecule has 1 aromatic carbocycles. The Balaban J connectivity index is 0. The fraction of sp³-hybridized carbons (Fsp3) is 0.167. The number of carbonyl (C=O) groups is 2. The number of para-hydroxylation sites is 1. The van der Waals surface area contributed by atoms with Gasteiger partial charge in [-0.2, -0.15) is 0 Å². The maximum absolute atomic E-state index is 11.7. The van der Waals surface area contributed by atoms with E-state index < -0.39 is 39.4 Å². The maximum Gasteiger partial charge on any atom is 1.00 e. The normalized spacial score (nSPS) is 9.95. The summed E-state index contributed by atoms with van der Waals surface area (Å²) in [6.45, 7) is 1.43. The third-order valence-electron chi connectivity index (χ3n) is 2.20. The van der Waals surface area contributed by atoms with Gasteiger partial charge in [-0.25, -0.2) is 4.79 Å². The molecule has 0 N–H and O–H groups in total. The Labute approximate surface area is 169 Å². The number of rotatable bonds is 5. The van der Waals surface area contributed by atoms with Crippen LogP contribution in [0.1, 0.15) is 12.5 Å². The van der Waals surface area contributed by atoms with E-state index in [9.17, 15) is 29.9 Å². The molecule has 10 heteroatoms.